The second kappa shape index (κ2) is 9.01. The number of aromatic amines is 1. The van der Waals surface area contributed by atoms with Crippen molar-refractivity contribution < 1.29 is 18.7 Å². The summed E-state index contributed by atoms with van der Waals surface area (Å²) in [7, 11) is 0. The number of nitrogens with zero attached hydrogens (tertiary/aromatic N) is 1. The van der Waals surface area contributed by atoms with Crippen molar-refractivity contribution in [2.45, 2.75) is 26.4 Å². The molecule has 0 radical (unpaired) electrons. The van der Waals surface area contributed by atoms with Crippen LogP contribution >= 0.6 is 0 Å². The van der Waals surface area contributed by atoms with Crippen molar-refractivity contribution in [2.75, 3.05) is 5.32 Å². The number of carbonyl (C=O) groups is 2. The third-order valence-corrected chi connectivity index (χ3v) is 5.07. The van der Waals surface area contributed by atoms with Crippen LogP contribution in [0.2, 0.25) is 0 Å². The molecule has 1 aromatic heterocycles. The van der Waals surface area contributed by atoms with Crippen molar-refractivity contribution in [1.29, 1.82) is 0 Å². The molecule has 1 heterocycles. The van der Waals surface area contributed by atoms with Crippen LogP contribution < -0.4 is 5.32 Å². The second-order valence-electron chi connectivity index (χ2n) is 7.48. The molecule has 0 spiro atoms. The summed E-state index contributed by atoms with van der Waals surface area (Å²) in [6.07, 6.45) is -0.684. The molecule has 7 heteroatoms. The molecule has 1 atom stereocenters. The normalized spacial score (nSPS) is 11.8. The van der Waals surface area contributed by atoms with Crippen molar-refractivity contribution in [1.82, 2.24) is 9.97 Å². The Labute approximate surface area is 184 Å². The number of hydrogen-bond donors (Lipinski definition) is 2. The van der Waals surface area contributed by atoms with E-state index in [-0.39, 0.29) is 0 Å². The van der Waals surface area contributed by atoms with E-state index < -0.39 is 23.8 Å². The summed E-state index contributed by atoms with van der Waals surface area (Å²) >= 11 is 0. The Bertz CT molecular complexity index is 1260. The molecule has 1 unspecified atom stereocenters. The average molecular weight is 431 g/mol. The maximum absolute atomic E-state index is 13.0. The average Bonchev–Trinajstić information content (AvgIpc) is 3.22. The first kappa shape index (κ1) is 21.2. The molecule has 4 aromatic rings. The molecule has 0 bridgehead atoms. The van der Waals surface area contributed by atoms with Crippen LogP contribution in [-0.4, -0.2) is 27.9 Å². The Hall–Kier alpha value is -4.00. The molecule has 6 nitrogen and oxygen atoms in total. The van der Waals surface area contributed by atoms with E-state index in [9.17, 15) is 14.0 Å². The van der Waals surface area contributed by atoms with Crippen molar-refractivity contribution in [3.63, 3.8) is 0 Å². The summed E-state index contributed by atoms with van der Waals surface area (Å²) in [6.45, 7) is 3.76. The van der Waals surface area contributed by atoms with Crippen LogP contribution in [0.25, 0.3) is 22.4 Å². The van der Waals surface area contributed by atoms with E-state index in [1.54, 1.807) is 25.1 Å². The maximum atomic E-state index is 13.0. The van der Waals surface area contributed by atoms with E-state index in [1.807, 2.05) is 31.2 Å². The maximum Gasteiger partial charge on any atom is 0.338 e. The largest absolute Gasteiger partial charge is 0.449 e. The summed E-state index contributed by atoms with van der Waals surface area (Å²) in [5.74, 6) is -0.784. The number of hydrogen-bond acceptors (Lipinski definition) is 4. The van der Waals surface area contributed by atoms with Crippen LogP contribution in [0.15, 0.2) is 66.7 Å². The number of ether oxygens (including phenoxy) is 1. The van der Waals surface area contributed by atoms with Gasteiger partial charge in [-0.15, -0.1) is 0 Å². The summed E-state index contributed by atoms with van der Waals surface area (Å²) in [4.78, 5) is 33.0. The van der Waals surface area contributed by atoms with Crippen molar-refractivity contribution in [3.8, 4) is 11.4 Å². The lowest BCUT2D eigenvalue weighted by Gasteiger charge is -2.16. The molecule has 0 fully saturated rings. The third-order valence-electron chi connectivity index (χ3n) is 5.07. The molecule has 0 aliphatic heterocycles. The Morgan fingerprint density at radius 2 is 1.78 bits per heavy atom. The summed E-state index contributed by atoms with van der Waals surface area (Å²) in [5, 5.41) is 2.63. The van der Waals surface area contributed by atoms with Gasteiger partial charge in [-0.05, 0) is 55.8 Å². The number of amides is 1. The Kier molecular flexibility index (Phi) is 5.98. The number of aryl methyl sites for hydroxylation is 1. The predicted molar refractivity (Wildman–Crippen MR) is 121 cm³/mol. The Balaban J connectivity index is 1.48. The van der Waals surface area contributed by atoms with Crippen LogP contribution in [0.4, 0.5) is 10.1 Å². The fraction of sp³-hybridized carbons (Fsp3) is 0.160. The number of nitrogens with one attached hydrogen (secondary N) is 2. The highest BCUT2D eigenvalue weighted by Gasteiger charge is 2.22. The molecule has 4 rings (SSSR count). The molecular formula is C25H22FN3O3. The molecule has 162 valence electrons. The molecule has 1 amide bonds. The van der Waals surface area contributed by atoms with Gasteiger partial charge in [0, 0.05) is 11.3 Å². The van der Waals surface area contributed by atoms with Crippen LogP contribution in [0.3, 0.4) is 0 Å². The van der Waals surface area contributed by atoms with Gasteiger partial charge in [0.05, 0.1) is 16.6 Å². The second-order valence-corrected chi connectivity index (χ2v) is 7.48. The quantitative estimate of drug-likeness (QED) is 0.408. The first-order chi connectivity index (χ1) is 15.4. The number of rotatable bonds is 6. The lowest BCUT2D eigenvalue weighted by molar-refractivity contribution is -0.124. The number of carbonyl (C=O) groups excluding carboxylic acids is 2. The van der Waals surface area contributed by atoms with E-state index in [0.29, 0.717) is 29.0 Å². The van der Waals surface area contributed by atoms with Gasteiger partial charge in [-0.2, -0.15) is 0 Å². The molecule has 32 heavy (non-hydrogen) atoms. The minimum atomic E-state index is -0.979. The highest BCUT2D eigenvalue weighted by molar-refractivity contribution is 5.98. The number of benzene rings is 3. The lowest BCUT2D eigenvalue weighted by atomic mass is 10.1. The van der Waals surface area contributed by atoms with Gasteiger partial charge in [-0.1, -0.05) is 36.8 Å². The Morgan fingerprint density at radius 3 is 2.47 bits per heavy atom. The van der Waals surface area contributed by atoms with Crippen LogP contribution in [0, 0.1) is 12.7 Å². The number of fused-ring (bicyclic) bond motifs is 1. The molecule has 0 saturated carbocycles. The zero-order valence-electron chi connectivity index (χ0n) is 17.7. The summed E-state index contributed by atoms with van der Waals surface area (Å²) in [6, 6.07) is 18.4. The zero-order valence-corrected chi connectivity index (χ0v) is 17.7. The highest BCUT2D eigenvalue weighted by Crippen LogP contribution is 2.22. The molecule has 0 aliphatic carbocycles. The van der Waals surface area contributed by atoms with Gasteiger partial charge in [-0.25, -0.2) is 14.2 Å². The zero-order chi connectivity index (χ0) is 22.7. The van der Waals surface area contributed by atoms with E-state index in [0.717, 1.165) is 16.6 Å². The standard InChI is InChI=1S/C25H22FN3O3/c1-3-22(24(30)27-19-11-9-18(26)10-12-19)32-25(31)17-8-13-20-21(14-17)29-23(28-20)16-6-4-15(2)5-7-16/h4-14,22H,3H2,1-2H3,(H,27,30)(H,28,29). The van der Waals surface area contributed by atoms with E-state index in [4.69, 9.17) is 4.74 Å². The highest BCUT2D eigenvalue weighted by atomic mass is 19.1. The molecule has 0 saturated heterocycles. The molecule has 0 aliphatic rings. The van der Waals surface area contributed by atoms with Gasteiger partial charge in [0.2, 0.25) is 0 Å². The van der Waals surface area contributed by atoms with Gasteiger partial charge in [0.25, 0.3) is 5.91 Å². The number of esters is 1. The van der Waals surface area contributed by atoms with Gasteiger partial charge < -0.3 is 15.0 Å². The smallest absolute Gasteiger partial charge is 0.338 e. The summed E-state index contributed by atoms with van der Waals surface area (Å²) in [5.41, 5.74) is 4.25. The van der Waals surface area contributed by atoms with Gasteiger partial charge in [0.1, 0.15) is 11.6 Å². The number of anilines is 1. The fourth-order valence-corrected chi connectivity index (χ4v) is 3.26. The first-order valence-electron chi connectivity index (χ1n) is 10.3. The van der Waals surface area contributed by atoms with Gasteiger partial charge in [0.15, 0.2) is 6.10 Å². The SMILES string of the molecule is CCC(OC(=O)c1ccc2nc(-c3ccc(C)cc3)[nH]c2c1)C(=O)Nc1ccc(F)cc1. The van der Waals surface area contributed by atoms with E-state index in [2.05, 4.69) is 15.3 Å². The van der Waals surface area contributed by atoms with Crippen LogP contribution in [0.1, 0.15) is 29.3 Å². The van der Waals surface area contributed by atoms with Crippen molar-refractivity contribution >= 4 is 28.6 Å². The number of halogens is 1. The van der Waals surface area contributed by atoms with Crippen molar-refractivity contribution in [2.24, 2.45) is 0 Å². The lowest BCUT2D eigenvalue weighted by Crippen LogP contribution is -2.32. The number of aromatic nitrogens is 2. The van der Waals surface area contributed by atoms with Crippen LogP contribution in [-0.2, 0) is 9.53 Å². The molecule has 3 aromatic carbocycles. The summed E-state index contributed by atoms with van der Waals surface area (Å²) < 4.78 is 18.5. The topological polar surface area (TPSA) is 84.1 Å². The van der Waals surface area contributed by atoms with Crippen molar-refractivity contribution in [3.05, 3.63) is 83.7 Å². The monoisotopic (exact) mass is 431 g/mol. The van der Waals surface area contributed by atoms with E-state index >= 15 is 0 Å². The first-order valence-corrected chi connectivity index (χ1v) is 10.3. The minimum absolute atomic E-state index is 0.294. The minimum Gasteiger partial charge on any atom is -0.449 e. The fourth-order valence-electron chi connectivity index (χ4n) is 3.26. The van der Waals surface area contributed by atoms with Gasteiger partial charge >= 0.3 is 5.97 Å². The van der Waals surface area contributed by atoms with E-state index in [1.165, 1.54) is 24.3 Å². The van der Waals surface area contributed by atoms with Crippen LogP contribution in [0.5, 0.6) is 0 Å². The molecule has 2 N–H and O–H groups in total. The third kappa shape index (κ3) is 4.67. The Morgan fingerprint density at radius 1 is 1.06 bits per heavy atom. The number of imidazole rings is 1. The van der Waals surface area contributed by atoms with Gasteiger partial charge in [-0.3, -0.25) is 4.79 Å². The molecular weight excluding hydrogens is 409 g/mol. The predicted octanol–water partition coefficient (Wildman–Crippen LogP) is 5.25. The number of H-pyrrole nitrogens is 1.